The Morgan fingerprint density at radius 3 is 2.44 bits per heavy atom. The molecule has 1 atom stereocenters. The molecule has 5 nitrogen and oxygen atoms in total. The molecule has 154 valence electrons. The summed E-state index contributed by atoms with van der Waals surface area (Å²) in [6.07, 6.45) is 9.92. The molecule has 1 aromatic heterocycles. The van der Waals surface area contributed by atoms with Gasteiger partial charge in [-0.25, -0.2) is 4.79 Å². The fourth-order valence-electron chi connectivity index (χ4n) is 3.19. The summed E-state index contributed by atoms with van der Waals surface area (Å²) in [5, 5.41) is 0. The Morgan fingerprint density at radius 1 is 1.22 bits per heavy atom. The third-order valence-corrected chi connectivity index (χ3v) is 5.67. The maximum atomic E-state index is 12.4. The zero-order chi connectivity index (χ0) is 20.3. The van der Waals surface area contributed by atoms with Crippen LogP contribution in [0.3, 0.4) is 0 Å². The number of nitrogens with zero attached hydrogens (tertiary/aromatic N) is 1. The first-order chi connectivity index (χ1) is 12.8. The minimum absolute atomic E-state index is 0.0494. The number of aryl methyl sites for hydroxylation is 1. The molecule has 27 heavy (non-hydrogen) atoms. The second kappa shape index (κ2) is 12.1. The van der Waals surface area contributed by atoms with E-state index in [0.29, 0.717) is 17.8 Å². The number of rotatable bonds is 13. The van der Waals surface area contributed by atoms with Crippen LogP contribution >= 0.6 is 12.2 Å². The molecular formula is C21H36N2O3S. The van der Waals surface area contributed by atoms with E-state index in [-0.39, 0.29) is 23.0 Å². The maximum Gasteiger partial charge on any atom is 0.326 e. The highest BCUT2D eigenvalue weighted by Crippen LogP contribution is 2.33. The molecule has 0 amide bonds. The van der Waals surface area contributed by atoms with Crippen molar-refractivity contribution in [3.8, 4) is 0 Å². The van der Waals surface area contributed by atoms with Crippen LogP contribution in [0.25, 0.3) is 0 Å². The average Bonchev–Trinajstić information content (AvgIpc) is 2.61. The van der Waals surface area contributed by atoms with Crippen molar-refractivity contribution in [2.24, 2.45) is 11.3 Å². The van der Waals surface area contributed by atoms with E-state index >= 15 is 0 Å². The summed E-state index contributed by atoms with van der Waals surface area (Å²) < 4.78 is 7.68. The van der Waals surface area contributed by atoms with Crippen molar-refractivity contribution < 1.29 is 9.53 Å². The molecule has 1 unspecified atom stereocenters. The smallest absolute Gasteiger partial charge is 0.326 e. The predicted molar refractivity (Wildman–Crippen MR) is 112 cm³/mol. The van der Waals surface area contributed by atoms with Crippen molar-refractivity contribution in [2.45, 2.75) is 85.6 Å². The van der Waals surface area contributed by atoms with Gasteiger partial charge in [-0.3, -0.25) is 9.78 Å². The normalized spacial score (nSPS) is 13.5. The average molecular weight is 397 g/mol. The fourth-order valence-corrected chi connectivity index (χ4v) is 3.34. The van der Waals surface area contributed by atoms with Crippen molar-refractivity contribution in [1.29, 1.82) is 0 Å². The van der Waals surface area contributed by atoms with E-state index in [2.05, 4.69) is 25.8 Å². The molecule has 0 aliphatic heterocycles. The highest BCUT2D eigenvalue weighted by Gasteiger charge is 2.37. The van der Waals surface area contributed by atoms with E-state index in [1.807, 2.05) is 6.92 Å². The second-order valence-electron chi connectivity index (χ2n) is 7.88. The third-order valence-electron chi connectivity index (χ3n) is 5.43. The molecule has 0 fully saturated rings. The van der Waals surface area contributed by atoms with E-state index in [1.54, 1.807) is 16.8 Å². The third kappa shape index (κ3) is 7.99. The minimum Gasteiger partial charge on any atom is -0.465 e. The monoisotopic (exact) mass is 396 g/mol. The van der Waals surface area contributed by atoms with Crippen LogP contribution in [-0.4, -0.2) is 22.1 Å². The molecule has 0 radical (unpaired) electrons. The van der Waals surface area contributed by atoms with Gasteiger partial charge in [0, 0.05) is 12.7 Å². The highest BCUT2D eigenvalue weighted by atomic mass is 32.1. The Balaban J connectivity index is 2.12. The van der Waals surface area contributed by atoms with Crippen molar-refractivity contribution >= 4 is 18.2 Å². The standard InChI is InChI=1S/C21H36N2O3S/c1-5-13-21(4,17(2)3)19(24)26-16-11-9-7-6-8-10-14-23-15-12-18(27)22-20(23)25/h12,15,17H,5-11,13-14,16H2,1-4H3,(H,22,25,27). The number of hydrogen-bond acceptors (Lipinski definition) is 4. The van der Waals surface area contributed by atoms with Gasteiger partial charge in [0.05, 0.1) is 12.0 Å². The Morgan fingerprint density at radius 2 is 1.85 bits per heavy atom. The van der Waals surface area contributed by atoms with E-state index < -0.39 is 0 Å². The summed E-state index contributed by atoms with van der Waals surface area (Å²) in [4.78, 5) is 26.7. The van der Waals surface area contributed by atoms with Crippen LogP contribution in [-0.2, 0) is 16.1 Å². The van der Waals surface area contributed by atoms with E-state index in [9.17, 15) is 9.59 Å². The summed E-state index contributed by atoms with van der Waals surface area (Å²) in [6, 6.07) is 1.74. The molecule has 0 aliphatic rings. The van der Waals surface area contributed by atoms with Gasteiger partial charge in [-0.15, -0.1) is 0 Å². The molecule has 1 rings (SSSR count). The van der Waals surface area contributed by atoms with Crippen LogP contribution < -0.4 is 5.69 Å². The van der Waals surface area contributed by atoms with Gasteiger partial charge in [-0.05, 0) is 38.2 Å². The summed E-state index contributed by atoms with van der Waals surface area (Å²) >= 11 is 4.93. The number of ether oxygens (including phenoxy) is 1. The number of aromatic amines is 1. The van der Waals surface area contributed by atoms with Crippen LogP contribution in [0.1, 0.15) is 79.1 Å². The van der Waals surface area contributed by atoms with Gasteiger partial charge >= 0.3 is 11.7 Å². The molecule has 6 heteroatoms. The summed E-state index contributed by atoms with van der Waals surface area (Å²) in [7, 11) is 0. The van der Waals surface area contributed by atoms with Gasteiger partial charge in [0.1, 0.15) is 4.64 Å². The molecule has 1 heterocycles. The quantitative estimate of drug-likeness (QED) is 0.281. The number of carbonyl (C=O) groups excluding carboxylic acids is 1. The van der Waals surface area contributed by atoms with Gasteiger partial charge in [-0.1, -0.05) is 65.1 Å². The topological polar surface area (TPSA) is 64.1 Å². The first-order valence-corrected chi connectivity index (χ1v) is 10.7. The molecule has 0 saturated heterocycles. The SMILES string of the molecule is CCCC(C)(C(=O)OCCCCCCCCn1ccc(=S)[nH]c1=O)C(C)C. The molecule has 1 aromatic rings. The van der Waals surface area contributed by atoms with Crippen molar-refractivity contribution in [2.75, 3.05) is 6.61 Å². The lowest BCUT2D eigenvalue weighted by Gasteiger charge is -2.31. The number of H-pyrrole nitrogens is 1. The zero-order valence-corrected chi connectivity index (χ0v) is 18.2. The molecule has 1 N–H and O–H groups in total. The Bertz CT molecular complexity index is 680. The van der Waals surface area contributed by atoms with Crippen molar-refractivity contribution in [1.82, 2.24) is 9.55 Å². The number of aromatic nitrogens is 2. The van der Waals surface area contributed by atoms with Crippen LogP contribution in [0.15, 0.2) is 17.1 Å². The first kappa shape index (κ1) is 23.6. The van der Waals surface area contributed by atoms with Gasteiger partial charge < -0.3 is 9.30 Å². The number of nitrogens with one attached hydrogen (secondary N) is 1. The maximum absolute atomic E-state index is 12.4. The van der Waals surface area contributed by atoms with Gasteiger partial charge in [-0.2, -0.15) is 0 Å². The van der Waals surface area contributed by atoms with Crippen molar-refractivity contribution in [3.05, 3.63) is 27.4 Å². The van der Waals surface area contributed by atoms with Crippen LogP contribution in [0, 0.1) is 16.0 Å². The largest absolute Gasteiger partial charge is 0.465 e. The lowest BCUT2D eigenvalue weighted by molar-refractivity contribution is -0.158. The molecule has 0 spiro atoms. The Labute approximate surface area is 168 Å². The predicted octanol–water partition coefficient (Wildman–Crippen LogP) is 5.25. The fraction of sp³-hybridized carbons (Fsp3) is 0.762. The second-order valence-corrected chi connectivity index (χ2v) is 8.32. The number of hydrogen-bond donors (Lipinski definition) is 1. The molecular weight excluding hydrogens is 360 g/mol. The summed E-state index contributed by atoms with van der Waals surface area (Å²) in [5.74, 6) is 0.240. The lowest BCUT2D eigenvalue weighted by Crippen LogP contribution is -2.35. The number of carbonyl (C=O) groups is 1. The van der Waals surface area contributed by atoms with Crippen LogP contribution in [0.4, 0.5) is 0 Å². The molecule has 0 bridgehead atoms. The summed E-state index contributed by atoms with van der Waals surface area (Å²) in [5.41, 5.74) is -0.506. The minimum atomic E-state index is -0.367. The van der Waals surface area contributed by atoms with Gasteiger partial charge in [0.2, 0.25) is 0 Å². The lowest BCUT2D eigenvalue weighted by atomic mass is 9.75. The molecule has 0 aromatic carbocycles. The Kier molecular flexibility index (Phi) is 10.6. The van der Waals surface area contributed by atoms with E-state index in [0.717, 1.165) is 51.4 Å². The highest BCUT2D eigenvalue weighted by molar-refractivity contribution is 7.71. The van der Waals surface area contributed by atoms with Gasteiger partial charge in [0.15, 0.2) is 0 Å². The number of unbranched alkanes of at least 4 members (excludes halogenated alkanes) is 5. The molecule has 0 aliphatic carbocycles. The molecule has 0 saturated carbocycles. The number of esters is 1. The first-order valence-electron chi connectivity index (χ1n) is 10.3. The zero-order valence-electron chi connectivity index (χ0n) is 17.4. The Hall–Kier alpha value is -1.43. The summed E-state index contributed by atoms with van der Waals surface area (Å²) in [6.45, 7) is 9.55. The van der Waals surface area contributed by atoms with E-state index in [1.165, 1.54) is 0 Å². The van der Waals surface area contributed by atoms with E-state index in [4.69, 9.17) is 17.0 Å². The van der Waals surface area contributed by atoms with Crippen molar-refractivity contribution in [3.63, 3.8) is 0 Å². The van der Waals surface area contributed by atoms with Crippen LogP contribution in [0.2, 0.25) is 0 Å². The van der Waals surface area contributed by atoms with Crippen LogP contribution in [0.5, 0.6) is 0 Å². The van der Waals surface area contributed by atoms with Gasteiger partial charge in [0.25, 0.3) is 0 Å².